The summed E-state index contributed by atoms with van der Waals surface area (Å²) in [6, 6.07) is 8.90. The maximum absolute atomic E-state index is 12.2. The van der Waals surface area contributed by atoms with Crippen LogP contribution in [0.3, 0.4) is 0 Å². The number of benzene rings is 1. The molecule has 0 spiro atoms. The van der Waals surface area contributed by atoms with Crippen molar-refractivity contribution in [3.63, 3.8) is 0 Å². The zero-order valence-corrected chi connectivity index (χ0v) is 12.6. The fourth-order valence-electron chi connectivity index (χ4n) is 3.39. The van der Waals surface area contributed by atoms with E-state index in [4.69, 9.17) is 12.6 Å². The van der Waals surface area contributed by atoms with Crippen molar-refractivity contribution in [1.29, 1.82) is 0 Å². The van der Waals surface area contributed by atoms with Crippen LogP contribution >= 0.6 is 0 Å². The molecule has 1 heterocycles. The number of carbonyl (C=O) groups is 3. The Labute approximate surface area is 135 Å². The van der Waals surface area contributed by atoms with Crippen LogP contribution in [0.4, 0.5) is 9.59 Å². The highest BCUT2D eigenvalue weighted by atomic mass is 16.5. The molecule has 2 fully saturated rings. The maximum Gasteiger partial charge on any atom is 0.407 e. The van der Waals surface area contributed by atoms with Crippen molar-refractivity contribution < 1.29 is 19.1 Å². The van der Waals surface area contributed by atoms with Crippen molar-refractivity contribution in [3.05, 3.63) is 35.9 Å². The van der Waals surface area contributed by atoms with E-state index in [-0.39, 0.29) is 24.6 Å². The molecule has 0 unspecified atom stereocenters. The molecule has 2 radical (unpaired) electrons. The molecule has 1 N–H and O–H groups in total. The second kappa shape index (κ2) is 6.44. The minimum absolute atomic E-state index is 0.136. The summed E-state index contributed by atoms with van der Waals surface area (Å²) >= 11 is 0. The number of alkyl carbamates (subject to hydrolysis) is 1. The highest BCUT2D eigenvalue weighted by Gasteiger charge is 2.48. The Morgan fingerprint density at radius 2 is 2.00 bits per heavy atom. The SMILES string of the molecule is [B]C(=O)N1C(=O)[C@@H]2C[C@H]1CC[C@@H]2NC(=O)OCc1ccccc1. The average molecular weight is 312 g/mol. The molecule has 7 heteroatoms. The van der Waals surface area contributed by atoms with Gasteiger partial charge in [-0.05, 0) is 24.8 Å². The summed E-state index contributed by atoms with van der Waals surface area (Å²) in [6.45, 7) is 0.175. The van der Waals surface area contributed by atoms with Crippen LogP contribution in [0, 0.1) is 5.92 Å². The molecule has 2 aliphatic rings. The van der Waals surface area contributed by atoms with E-state index < -0.39 is 17.8 Å². The lowest BCUT2D eigenvalue weighted by Gasteiger charge is -2.27. The summed E-state index contributed by atoms with van der Waals surface area (Å²) in [5, 5.41) is 2.75. The Morgan fingerprint density at radius 3 is 2.70 bits per heavy atom. The molecule has 2 bridgehead atoms. The van der Waals surface area contributed by atoms with Gasteiger partial charge in [-0.25, -0.2) is 4.79 Å². The molecule has 1 aromatic carbocycles. The maximum atomic E-state index is 12.2. The van der Waals surface area contributed by atoms with Gasteiger partial charge in [-0.1, -0.05) is 30.3 Å². The standard InChI is InChI=1S/C16H17BN2O4/c17-15(21)19-11-6-7-13(12(8-11)14(19)20)18-16(22)23-9-10-4-2-1-3-5-10/h1-5,11-13H,6-9H2,(H,18,22)/t11-,12-,13+/m1/s1. The van der Waals surface area contributed by atoms with E-state index in [1.165, 1.54) is 0 Å². The first-order chi connectivity index (χ1) is 11.1. The van der Waals surface area contributed by atoms with Gasteiger partial charge in [-0.3, -0.25) is 14.5 Å². The van der Waals surface area contributed by atoms with Crippen LogP contribution in [0.25, 0.3) is 0 Å². The molecular formula is C16H17BN2O4. The van der Waals surface area contributed by atoms with Gasteiger partial charge in [0, 0.05) is 12.1 Å². The van der Waals surface area contributed by atoms with Gasteiger partial charge in [-0.2, -0.15) is 0 Å². The highest BCUT2D eigenvalue weighted by Crippen LogP contribution is 2.36. The average Bonchev–Trinajstić information content (AvgIpc) is 2.81. The lowest BCUT2D eigenvalue weighted by Crippen LogP contribution is -2.44. The van der Waals surface area contributed by atoms with E-state index >= 15 is 0 Å². The Morgan fingerprint density at radius 1 is 1.26 bits per heavy atom. The second-order valence-corrected chi connectivity index (χ2v) is 5.93. The predicted molar refractivity (Wildman–Crippen MR) is 82.7 cm³/mol. The van der Waals surface area contributed by atoms with Crippen LogP contribution in [-0.4, -0.2) is 42.6 Å². The van der Waals surface area contributed by atoms with Crippen molar-refractivity contribution in [3.8, 4) is 0 Å². The van der Waals surface area contributed by atoms with Crippen molar-refractivity contribution in [2.45, 2.75) is 38.0 Å². The van der Waals surface area contributed by atoms with Gasteiger partial charge in [0.05, 0.1) is 5.92 Å². The first-order valence-electron chi connectivity index (χ1n) is 7.66. The molecule has 3 amide bonds. The number of nitrogens with zero attached hydrogens (tertiary/aromatic N) is 1. The molecule has 118 valence electrons. The van der Waals surface area contributed by atoms with Crippen LogP contribution in [0.2, 0.25) is 0 Å². The van der Waals surface area contributed by atoms with Crippen LogP contribution in [0.5, 0.6) is 0 Å². The van der Waals surface area contributed by atoms with Crippen LogP contribution < -0.4 is 5.32 Å². The number of nitrogens with one attached hydrogen (secondary N) is 1. The largest absolute Gasteiger partial charge is 0.445 e. The Balaban J connectivity index is 1.55. The number of hydrogen-bond donors (Lipinski definition) is 1. The van der Waals surface area contributed by atoms with E-state index in [1.54, 1.807) is 0 Å². The molecule has 1 aromatic rings. The fraction of sp³-hybridized carbons (Fsp3) is 0.438. The lowest BCUT2D eigenvalue weighted by molar-refractivity contribution is -0.128. The van der Waals surface area contributed by atoms with Crippen molar-refractivity contribution in [2.24, 2.45) is 5.92 Å². The zero-order valence-electron chi connectivity index (χ0n) is 12.6. The van der Waals surface area contributed by atoms with Gasteiger partial charge in [0.2, 0.25) is 13.8 Å². The summed E-state index contributed by atoms with van der Waals surface area (Å²) in [5.74, 6) is -1.41. The van der Waals surface area contributed by atoms with Crippen LogP contribution in [-0.2, 0) is 16.1 Å². The van der Waals surface area contributed by atoms with Gasteiger partial charge in [-0.15, -0.1) is 0 Å². The van der Waals surface area contributed by atoms with E-state index in [9.17, 15) is 14.4 Å². The van der Waals surface area contributed by atoms with Gasteiger partial charge >= 0.3 is 6.09 Å². The molecule has 1 saturated heterocycles. The van der Waals surface area contributed by atoms with E-state index in [0.717, 1.165) is 10.5 Å². The summed E-state index contributed by atoms with van der Waals surface area (Å²) in [5.41, 5.74) is 0.892. The highest BCUT2D eigenvalue weighted by molar-refractivity contribution is 6.58. The van der Waals surface area contributed by atoms with E-state index in [2.05, 4.69) is 5.32 Å². The molecule has 3 rings (SSSR count). The number of likely N-dealkylation sites (tertiary alicyclic amines) is 1. The number of hydrogen-bond acceptors (Lipinski definition) is 4. The quantitative estimate of drug-likeness (QED) is 0.860. The van der Waals surface area contributed by atoms with Crippen LogP contribution in [0.15, 0.2) is 30.3 Å². The lowest BCUT2D eigenvalue weighted by atomic mass is 9.85. The second-order valence-electron chi connectivity index (χ2n) is 5.93. The van der Waals surface area contributed by atoms with Crippen LogP contribution in [0.1, 0.15) is 24.8 Å². The third-order valence-corrected chi connectivity index (χ3v) is 4.50. The van der Waals surface area contributed by atoms with Gasteiger partial charge in [0.25, 0.3) is 0 Å². The fourth-order valence-corrected chi connectivity index (χ4v) is 3.39. The third-order valence-electron chi connectivity index (χ3n) is 4.50. The number of fused-ring (bicyclic) bond motifs is 2. The minimum Gasteiger partial charge on any atom is -0.445 e. The molecule has 3 atom stereocenters. The number of imide groups is 1. The molecule has 1 aliphatic carbocycles. The first-order valence-corrected chi connectivity index (χ1v) is 7.66. The topological polar surface area (TPSA) is 75.7 Å². The Kier molecular flexibility index (Phi) is 4.36. The Bertz CT molecular complexity index is 622. The molecule has 6 nitrogen and oxygen atoms in total. The van der Waals surface area contributed by atoms with Crippen molar-refractivity contribution in [1.82, 2.24) is 10.2 Å². The molecule has 0 aromatic heterocycles. The van der Waals surface area contributed by atoms with Crippen molar-refractivity contribution in [2.75, 3.05) is 0 Å². The number of carbonyl (C=O) groups excluding carboxylic acids is 3. The molecular weight excluding hydrogens is 295 g/mol. The normalized spacial score (nSPS) is 26.0. The summed E-state index contributed by atoms with van der Waals surface area (Å²) < 4.78 is 5.18. The monoisotopic (exact) mass is 312 g/mol. The van der Waals surface area contributed by atoms with E-state index in [1.807, 2.05) is 30.3 Å². The molecule has 1 saturated carbocycles. The first kappa shape index (κ1) is 15.6. The molecule has 23 heavy (non-hydrogen) atoms. The van der Waals surface area contributed by atoms with Gasteiger partial charge in [0.15, 0.2) is 5.81 Å². The molecule has 1 aliphatic heterocycles. The zero-order chi connectivity index (χ0) is 16.4. The summed E-state index contributed by atoms with van der Waals surface area (Å²) in [6.07, 6.45) is 1.27. The van der Waals surface area contributed by atoms with Gasteiger partial charge < -0.3 is 10.1 Å². The van der Waals surface area contributed by atoms with Crippen molar-refractivity contribution >= 4 is 25.7 Å². The van der Waals surface area contributed by atoms with Gasteiger partial charge in [0.1, 0.15) is 6.61 Å². The predicted octanol–water partition coefficient (Wildman–Crippen LogP) is 1.58. The Hall–Kier alpha value is -2.31. The third kappa shape index (κ3) is 3.23. The van der Waals surface area contributed by atoms with E-state index in [0.29, 0.717) is 19.3 Å². The summed E-state index contributed by atoms with van der Waals surface area (Å²) in [4.78, 5) is 36.6. The number of ether oxygens (including phenoxy) is 1. The minimum atomic E-state index is -0.713. The number of amides is 3. The smallest absolute Gasteiger partial charge is 0.407 e. The number of rotatable bonds is 3. The summed E-state index contributed by atoms with van der Waals surface area (Å²) in [7, 11) is 5.26.